The van der Waals surface area contributed by atoms with E-state index in [1.165, 1.54) is 53.9 Å². The van der Waals surface area contributed by atoms with Crippen molar-refractivity contribution in [2.75, 3.05) is 0 Å². The highest BCUT2D eigenvalue weighted by Gasteiger charge is 2.17. The first kappa shape index (κ1) is 19.3. The monoisotopic (exact) mass is 452 g/mol. The Hall–Kier alpha value is -4.14. The van der Waals surface area contributed by atoms with Crippen LogP contribution in [0.4, 0.5) is 0 Å². The van der Waals surface area contributed by atoms with Crippen LogP contribution in [0.2, 0.25) is 0 Å². The first-order valence-corrected chi connectivity index (χ1v) is 12.3. The van der Waals surface area contributed by atoms with E-state index in [4.69, 9.17) is 4.42 Å². The predicted octanol–water partition coefficient (Wildman–Crippen LogP) is 9.80. The molecule has 1 nitrogen and oxygen atoms in total. The van der Waals surface area contributed by atoms with Gasteiger partial charge in [0.1, 0.15) is 5.76 Å². The molecule has 160 valence electrons. The molecule has 0 atom stereocenters. The Morgan fingerprint density at radius 3 is 1.74 bits per heavy atom. The van der Waals surface area contributed by atoms with Crippen molar-refractivity contribution in [1.29, 1.82) is 0 Å². The molecule has 0 fully saturated rings. The molecule has 0 aliphatic rings. The molecule has 0 unspecified atom stereocenters. The van der Waals surface area contributed by atoms with E-state index in [1.54, 1.807) is 17.6 Å². The molecule has 2 heterocycles. The molecule has 2 aromatic heterocycles. The summed E-state index contributed by atoms with van der Waals surface area (Å²) in [7, 11) is 0. The highest BCUT2D eigenvalue weighted by atomic mass is 32.1. The van der Waals surface area contributed by atoms with Crippen molar-refractivity contribution >= 4 is 43.0 Å². The normalized spacial score (nSPS) is 11.5. The number of hydrogen-bond donors (Lipinski definition) is 0. The lowest BCUT2D eigenvalue weighted by atomic mass is 9.86. The molecule has 0 saturated heterocycles. The maximum atomic E-state index is 5.64. The summed E-state index contributed by atoms with van der Waals surface area (Å²) in [5.41, 5.74) is 5.08. The Morgan fingerprint density at radius 2 is 1.12 bits per heavy atom. The number of rotatable bonds is 3. The average Bonchev–Trinajstić information content (AvgIpc) is 3.57. The third kappa shape index (κ3) is 3.00. The van der Waals surface area contributed by atoms with Crippen molar-refractivity contribution < 1.29 is 4.42 Å². The Morgan fingerprint density at radius 1 is 0.500 bits per heavy atom. The molecule has 0 bridgehead atoms. The quantitative estimate of drug-likeness (QED) is 0.243. The maximum absolute atomic E-state index is 5.64. The van der Waals surface area contributed by atoms with Crippen LogP contribution in [0.1, 0.15) is 0 Å². The standard InChI is InChI=1S/C32H20OS/c1-2-9-21(10-3-1)31-24-11-4-6-13-26(24)32(27-14-7-5-12-25(27)31)22-16-17-29-23(19-22)20-30(34-29)28-15-8-18-33-28/h1-20H. The van der Waals surface area contributed by atoms with E-state index in [0.717, 1.165) is 10.6 Å². The molecule has 0 N–H and O–H groups in total. The first-order valence-electron chi connectivity index (χ1n) is 11.4. The molecule has 7 aromatic rings. The van der Waals surface area contributed by atoms with E-state index in [0.29, 0.717) is 0 Å². The highest BCUT2D eigenvalue weighted by molar-refractivity contribution is 7.22. The van der Waals surface area contributed by atoms with Gasteiger partial charge in [-0.05, 0) is 79.5 Å². The van der Waals surface area contributed by atoms with Gasteiger partial charge in [-0.2, -0.15) is 0 Å². The fourth-order valence-corrected chi connectivity index (χ4v) is 6.11. The van der Waals surface area contributed by atoms with Crippen molar-refractivity contribution in [2.45, 2.75) is 0 Å². The summed E-state index contributed by atoms with van der Waals surface area (Å²) < 4.78 is 6.91. The van der Waals surface area contributed by atoms with Crippen molar-refractivity contribution in [3.8, 4) is 32.9 Å². The largest absolute Gasteiger partial charge is 0.464 e. The van der Waals surface area contributed by atoms with Gasteiger partial charge in [-0.3, -0.25) is 0 Å². The zero-order valence-corrected chi connectivity index (χ0v) is 19.2. The Bertz CT molecular complexity index is 1730. The molecule has 0 radical (unpaired) electrons. The summed E-state index contributed by atoms with van der Waals surface area (Å²) in [6.45, 7) is 0. The molecule has 2 heteroatoms. The SMILES string of the molecule is c1ccc(-c2c3ccccc3c(-c3ccc4sc(-c5ccco5)cc4c3)c3ccccc23)cc1. The van der Waals surface area contributed by atoms with Gasteiger partial charge in [0, 0.05) is 4.70 Å². The summed E-state index contributed by atoms with van der Waals surface area (Å²) in [6.07, 6.45) is 1.73. The lowest BCUT2D eigenvalue weighted by Crippen LogP contribution is -1.90. The van der Waals surface area contributed by atoms with E-state index in [-0.39, 0.29) is 0 Å². The molecular weight excluding hydrogens is 432 g/mol. The van der Waals surface area contributed by atoms with Crippen LogP contribution in [0.25, 0.3) is 64.5 Å². The van der Waals surface area contributed by atoms with Crippen molar-refractivity contribution in [1.82, 2.24) is 0 Å². The van der Waals surface area contributed by atoms with Crippen LogP contribution in [-0.2, 0) is 0 Å². The maximum Gasteiger partial charge on any atom is 0.143 e. The molecule has 0 saturated carbocycles. The van der Waals surface area contributed by atoms with Crippen LogP contribution in [-0.4, -0.2) is 0 Å². The number of hydrogen-bond acceptors (Lipinski definition) is 2. The topological polar surface area (TPSA) is 13.1 Å². The van der Waals surface area contributed by atoms with Crippen molar-refractivity contribution in [3.05, 3.63) is 122 Å². The van der Waals surface area contributed by atoms with Gasteiger partial charge in [0.2, 0.25) is 0 Å². The Balaban J connectivity index is 1.54. The van der Waals surface area contributed by atoms with Crippen LogP contribution in [0.15, 0.2) is 126 Å². The zero-order valence-electron chi connectivity index (χ0n) is 18.4. The van der Waals surface area contributed by atoms with Crippen LogP contribution >= 0.6 is 11.3 Å². The third-order valence-corrected chi connectivity index (χ3v) is 7.69. The van der Waals surface area contributed by atoms with E-state index < -0.39 is 0 Å². The number of fused-ring (bicyclic) bond motifs is 3. The molecule has 34 heavy (non-hydrogen) atoms. The minimum atomic E-state index is 0.922. The number of thiophene rings is 1. The van der Waals surface area contributed by atoms with E-state index in [1.807, 2.05) is 12.1 Å². The molecule has 0 aliphatic carbocycles. The fraction of sp³-hybridized carbons (Fsp3) is 0. The van der Waals surface area contributed by atoms with Gasteiger partial charge < -0.3 is 4.42 Å². The van der Waals surface area contributed by atoms with Crippen molar-refractivity contribution in [2.24, 2.45) is 0 Å². The van der Waals surface area contributed by atoms with Gasteiger partial charge in [-0.15, -0.1) is 11.3 Å². The molecule has 0 amide bonds. The van der Waals surface area contributed by atoms with Gasteiger partial charge in [0.15, 0.2) is 0 Å². The minimum absolute atomic E-state index is 0.922. The Labute approximate surface area is 201 Å². The average molecular weight is 453 g/mol. The summed E-state index contributed by atoms with van der Waals surface area (Å²) in [5, 5.41) is 6.36. The second-order valence-electron chi connectivity index (χ2n) is 8.55. The number of benzene rings is 5. The van der Waals surface area contributed by atoms with Crippen LogP contribution in [0, 0.1) is 0 Å². The van der Waals surface area contributed by atoms with E-state index in [2.05, 4.69) is 103 Å². The van der Waals surface area contributed by atoms with Gasteiger partial charge in [-0.1, -0.05) is 84.9 Å². The third-order valence-electron chi connectivity index (χ3n) is 6.56. The smallest absolute Gasteiger partial charge is 0.143 e. The van der Waals surface area contributed by atoms with Crippen LogP contribution in [0.3, 0.4) is 0 Å². The van der Waals surface area contributed by atoms with E-state index in [9.17, 15) is 0 Å². The van der Waals surface area contributed by atoms with Gasteiger partial charge in [0.05, 0.1) is 11.1 Å². The Kier molecular flexibility index (Phi) is 4.39. The van der Waals surface area contributed by atoms with E-state index >= 15 is 0 Å². The second-order valence-corrected chi connectivity index (χ2v) is 9.63. The molecule has 7 rings (SSSR count). The lowest BCUT2D eigenvalue weighted by molar-refractivity contribution is 0.584. The molecule has 5 aromatic carbocycles. The highest BCUT2D eigenvalue weighted by Crippen LogP contribution is 2.44. The zero-order chi connectivity index (χ0) is 22.5. The lowest BCUT2D eigenvalue weighted by Gasteiger charge is -2.17. The fourth-order valence-electron chi connectivity index (χ4n) is 5.09. The van der Waals surface area contributed by atoms with Gasteiger partial charge in [0.25, 0.3) is 0 Å². The first-order chi connectivity index (χ1) is 16.9. The summed E-state index contributed by atoms with van der Waals surface area (Å²) in [4.78, 5) is 1.16. The predicted molar refractivity (Wildman–Crippen MR) is 145 cm³/mol. The molecule has 0 spiro atoms. The van der Waals surface area contributed by atoms with Gasteiger partial charge >= 0.3 is 0 Å². The van der Waals surface area contributed by atoms with Crippen LogP contribution < -0.4 is 0 Å². The number of furan rings is 1. The summed E-state index contributed by atoms with van der Waals surface area (Å²) in [6, 6.07) is 41.4. The summed E-state index contributed by atoms with van der Waals surface area (Å²) in [5.74, 6) is 0.922. The summed E-state index contributed by atoms with van der Waals surface area (Å²) >= 11 is 1.77. The molecular formula is C32H20OS. The minimum Gasteiger partial charge on any atom is -0.464 e. The second kappa shape index (κ2) is 7.72. The van der Waals surface area contributed by atoms with Gasteiger partial charge in [-0.25, -0.2) is 0 Å². The van der Waals surface area contributed by atoms with Crippen molar-refractivity contribution in [3.63, 3.8) is 0 Å². The molecule has 0 aliphatic heterocycles. The van der Waals surface area contributed by atoms with Crippen LogP contribution in [0.5, 0.6) is 0 Å².